The lowest BCUT2D eigenvalue weighted by Gasteiger charge is -2.29. The van der Waals surface area contributed by atoms with Crippen LogP contribution in [0.1, 0.15) is 51.2 Å². The van der Waals surface area contributed by atoms with Crippen LogP contribution in [0.5, 0.6) is 17.2 Å². The molecule has 0 spiro atoms. The van der Waals surface area contributed by atoms with Crippen LogP contribution < -0.4 is 9.47 Å². The van der Waals surface area contributed by atoms with Crippen molar-refractivity contribution in [2.75, 3.05) is 6.61 Å². The van der Waals surface area contributed by atoms with E-state index in [0.717, 1.165) is 37.0 Å². The number of rotatable bonds is 10. The number of hydrogen-bond donors (Lipinski definition) is 0. The van der Waals surface area contributed by atoms with Crippen LogP contribution >= 0.6 is 0 Å². The Balaban J connectivity index is 1.63. The average Bonchev–Trinajstić information content (AvgIpc) is 2.77. The lowest BCUT2D eigenvalue weighted by molar-refractivity contribution is 0.339. The van der Waals surface area contributed by atoms with Gasteiger partial charge in [0.1, 0.15) is 11.5 Å². The molecular weight excluding hydrogens is 375 g/mol. The van der Waals surface area contributed by atoms with Crippen molar-refractivity contribution in [1.29, 1.82) is 0 Å². The topological polar surface area (TPSA) is 18.5 Å². The first kappa shape index (κ1) is 21.9. The summed E-state index contributed by atoms with van der Waals surface area (Å²) in [5.41, 5.74) is 2.53. The molecule has 0 N–H and O–H groups in total. The van der Waals surface area contributed by atoms with Crippen LogP contribution in [-0.2, 0) is 11.8 Å². The van der Waals surface area contributed by atoms with Gasteiger partial charge in [0.2, 0.25) is 0 Å². The van der Waals surface area contributed by atoms with Gasteiger partial charge in [-0.3, -0.25) is 0 Å². The summed E-state index contributed by atoms with van der Waals surface area (Å²) in [6, 6.07) is 23.0. The molecule has 3 aromatic rings. The van der Waals surface area contributed by atoms with Crippen molar-refractivity contribution in [2.24, 2.45) is 0 Å². The van der Waals surface area contributed by atoms with Crippen LogP contribution in [0.4, 0.5) is 4.39 Å². The fraction of sp³-hybridized carbons (Fsp3) is 0.333. The summed E-state index contributed by atoms with van der Waals surface area (Å²) in [5, 5.41) is 0. The molecule has 2 nitrogen and oxygen atoms in total. The van der Waals surface area contributed by atoms with Crippen molar-refractivity contribution < 1.29 is 13.9 Å². The Bertz CT molecular complexity index is 921. The van der Waals surface area contributed by atoms with Gasteiger partial charge in [0, 0.05) is 0 Å². The highest BCUT2D eigenvalue weighted by molar-refractivity contribution is 5.35. The Hall–Kier alpha value is -2.81. The van der Waals surface area contributed by atoms with Crippen LogP contribution in [-0.4, -0.2) is 6.61 Å². The van der Waals surface area contributed by atoms with Gasteiger partial charge in [0.15, 0.2) is 11.6 Å². The molecule has 158 valence electrons. The zero-order valence-corrected chi connectivity index (χ0v) is 18.2. The highest BCUT2D eigenvalue weighted by atomic mass is 19.1. The van der Waals surface area contributed by atoms with Crippen molar-refractivity contribution in [3.05, 3.63) is 89.7 Å². The Labute approximate surface area is 179 Å². The normalized spacial score (nSPS) is 12.9. The van der Waals surface area contributed by atoms with E-state index in [-0.39, 0.29) is 17.0 Å². The minimum atomic E-state index is -0.338. The predicted octanol–water partition coefficient (Wildman–Crippen LogP) is 7.71. The second kappa shape index (κ2) is 10.3. The summed E-state index contributed by atoms with van der Waals surface area (Å²) in [6.45, 7) is 7.23. The highest BCUT2D eigenvalue weighted by Crippen LogP contribution is 2.34. The van der Waals surface area contributed by atoms with Gasteiger partial charge in [0.25, 0.3) is 0 Å². The van der Waals surface area contributed by atoms with Crippen molar-refractivity contribution >= 4 is 0 Å². The number of para-hydroxylation sites is 1. The van der Waals surface area contributed by atoms with Gasteiger partial charge < -0.3 is 9.47 Å². The Morgan fingerprint density at radius 2 is 1.60 bits per heavy atom. The summed E-state index contributed by atoms with van der Waals surface area (Å²) in [4.78, 5) is 0. The predicted molar refractivity (Wildman–Crippen MR) is 121 cm³/mol. The van der Waals surface area contributed by atoms with E-state index in [1.54, 1.807) is 0 Å². The molecule has 0 saturated heterocycles. The SMILES string of the molecule is CCOc1ccc(C(C)(CC)CCCc2ccc(F)c(Oc3ccccc3)c2)cc1. The molecule has 30 heavy (non-hydrogen) atoms. The van der Waals surface area contributed by atoms with Crippen LogP contribution in [0.15, 0.2) is 72.8 Å². The molecule has 0 aromatic heterocycles. The molecule has 1 unspecified atom stereocenters. The van der Waals surface area contributed by atoms with Gasteiger partial charge in [-0.25, -0.2) is 4.39 Å². The molecule has 0 radical (unpaired) electrons. The molecule has 3 aromatic carbocycles. The Morgan fingerprint density at radius 3 is 2.27 bits per heavy atom. The molecule has 0 saturated carbocycles. The first-order chi connectivity index (χ1) is 14.5. The summed E-state index contributed by atoms with van der Waals surface area (Å²) in [5.74, 6) is 1.50. The Kier molecular flexibility index (Phi) is 7.51. The van der Waals surface area contributed by atoms with E-state index in [9.17, 15) is 4.39 Å². The fourth-order valence-electron chi connectivity index (χ4n) is 3.73. The average molecular weight is 407 g/mol. The molecule has 0 heterocycles. The van der Waals surface area contributed by atoms with E-state index in [2.05, 4.69) is 38.1 Å². The lowest BCUT2D eigenvalue weighted by atomic mass is 9.76. The van der Waals surface area contributed by atoms with Crippen molar-refractivity contribution in [1.82, 2.24) is 0 Å². The molecular formula is C27H31FO2. The number of aryl methyl sites for hydroxylation is 1. The molecule has 0 amide bonds. The zero-order valence-electron chi connectivity index (χ0n) is 18.2. The summed E-state index contributed by atoms with van der Waals surface area (Å²) < 4.78 is 25.5. The first-order valence-corrected chi connectivity index (χ1v) is 10.8. The summed E-state index contributed by atoms with van der Waals surface area (Å²) in [6.07, 6.45) is 4.03. The van der Waals surface area contributed by atoms with E-state index < -0.39 is 0 Å². The number of hydrogen-bond acceptors (Lipinski definition) is 2. The smallest absolute Gasteiger partial charge is 0.165 e. The second-order valence-corrected chi connectivity index (χ2v) is 7.91. The number of benzene rings is 3. The van der Waals surface area contributed by atoms with Gasteiger partial charge in [-0.15, -0.1) is 0 Å². The Morgan fingerprint density at radius 1 is 0.867 bits per heavy atom. The summed E-state index contributed by atoms with van der Waals surface area (Å²) in [7, 11) is 0. The van der Waals surface area contributed by atoms with E-state index in [4.69, 9.17) is 9.47 Å². The molecule has 3 rings (SSSR count). The minimum absolute atomic E-state index is 0.105. The maximum Gasteiger partial charge on any atom is 0.165 e. The third kappa shape index (κ3) is 5.63. The van der Waals surface area contributed by atoms with E-state index in [1.165, 1.54) is 11.6 Å². The van der Waals surface area contributed by atoms with Crippen molar-refractivity contribution in [3.63, 3.8) is 0 Å². The van der Waals surface area contributed by atoms with Gasteiger partial charge in [-0.2, -0.15) is 0 Å². The fourth-order valence-corrected chi connectivity index (χ4v) is 3.73. The minimum Gasteiger partial charge on any atom is -0.494 e. The van der Waals surface area contributed by atoms with Crippen molar-refractivity contribution in [3.8, 4) is 17.2 Å². The maximum atomic E-state index is 14.2. The van der Waals surface area contributed by atoms with Crippen LogP contribution in [0.3, 0.4) is 0 Å². The second-order valence-electron chi connectivity index (χ2n) is 7.91. The molecule has 0 aliphatic rings. The molecule has 0 fully saturated rings. The number of ether oxygens (including phenoxy) is 2. The van der Waals surface area contributed by atoms with E-state index in [0.29, 0.717) is 12.4 Å². The molecule has 1 atom stereocenters. The molecule has 0 bridgehead atoms. The van der Waals surface area contributed by atoms with Gasteiger partial charge in [0.05, 0.1) is 6.61 Å². The number of halogens is 1. The van der Waals surface area contributed by atoms with Crippen molar-refractivity contribution in [2.45, 2.75) is 51.9 Å². The molecule has 0 aliphatic heterocycles. The maximum absolute atomic E-state index is 14.2. The largest absolute Gasteiger partial charge is 0.494 e. The van der Waals surface area contributed by atoms with Gasteiger partial charge >= 0.3 is 0 Å². The molecule has 0 aliphatic carbocycles. The van der Waals surface area contributed by atoms with Gasteiger partial charge in [-0.1, -0.05) is 50.2 Å². The van der Waals surface area contributed by atoms with Crippen LogP contribution in [0, 0.1) is 5.82 Å². The van der Waals surface area contributed by atoms with Crippen LogP contribution in [0.25, 0.3) is 0 Å². The van der Waals surface area contributed by atoms with E-state index in [1.807, 2.05) is 49.4 Å². The lowest BCUT2D eigenvalue weighted by Crippen LogP contribution is -2.21. The quantitative estimate of drug-likeness (QED) is 0.343. The third-order valence-electron chi connectivity index (χ3n) is 5.80. The summed E-state index contributed by atoms with van der Waals surface area (Å²) >= 11 is 0. The monoisotopic (exact) mass is 406 g/mol. The van der Waals surface area contributed by atoms with Gasteiger partial charge in [-0.05, 0) is 85.5 Å². The van der Waals surface area contributed by atoms with Crippen LogP contribution in [0.2, 0.25) is 0 Å². The highest BCUT2D eigenvalue weighted by Gasteiger charge is 2.24. The standard InChI is InChI=1S/C27H31FO2/c1-4-27(3,22-14-16-23(17-15-22)29-5-2)19-9-10-21-13-18-25(28)26(20-21)30-24-11-7-6-8-12-24/h6-8,11-18,20H,4-5,9-10,19H2,1-3H3. The van der Waals surface area contributed by atoms with E-state index >= 15 is 0 Å². The first-order valence-electron chi connectivity index (χ1n) is 10.8. The zero-order chi connectivity index (χ0) is 21.4. The molecule has 3 heteroatoms. The third-order valence-corrected chi connectivity index (χ3v) is 5.80.